The average Bonchev–Trinajstić information content (AvgIpc) is 3.24. The molecule has 0 bridgehead atoms. The Morgan fingerprint density at radius 2 is 1.80 bits per heavy atom. The zero-order valence-electron chi connectivity index (χ0n) is 20.9. The fourth-order valence-corrected chi connectivity index (χ4v) is 5.64. The molecule has 1 N–H and O–H groups in total. The molecule has 4 rings (SSSR count). The molecule has 0 fully saturated rings. The van der Waals surface area contributed by atoms with Crippen molar-refractivity contribution >= 4 is 38.2 Å². The summed E-state index contributed by atoms with van der Waals surface area (Å²) in [6.45, 7) is 10.1. The fourth-order valence-electron chi connectivity index (χ4n) is 4.45. The Labute approximate surface area is 209 Å². The molecule has 0 saturated heterocycles. The second-order valence-corrected chi connectivity index (χ2v) is 10.2. The number of aryl methyl sites for hydroxylation is 1. The zero-order chi connectivity index (χ0) is 25.1. The number of rotatable bonds is 9. The summed E-state index contributed by atoms with van der Waals surface area (Å²) in [6.07, 6.45) is 3.39. The van der Waals surface area contributed by atoms with Gasteiger partial charge in [0, 0.05) is 50.0 Å². The van der Waals surface area contributed by atoms with Crippen LogP contribution in [0.25, 0.3) is 21.0 Å². The van der Waals surface area contributed by atoms with Gasteiger partial charge in [-0.15, -0.1) is 11.3 Å². The number of amides is 1. The van der Waals surface area contributed by atoms with Crippen molar-refractivity contribution in [1.82, 2.24) is 19.8 Å². The fraction of sp³-hybridized carbons (Fsp3) is 0.370. The van der Waals surface area contributed by atoms with E-state index in [4.69, 9.17) is 4.74 Å². The van der Waals surface area contributed by atoms with Crippen molar-refractivity contribution in [2.45, 2.75) is 46.4 Å². The quantitative estimate of drug-likeness (QED) is 0.370. The number of carbonyl (C=O) groups excluding carboxylic acids is 1. The Morgan fingerprint density at radius 3 is 2.49 bits per heavy atom. The predicted octanol–water partition coefficient (Wildman–Crippen LogP) is 4.58. The number of hydrogen-bond donors (Lipinski definition) is 1. The first-order chi connectivity index (χ1) is 16.8. The van der Waals surface area contributed by atoms with Crippen LogP contribution in [0.15, 0.2) is 53.6 Å². The van der Waals surface area contributed by atoms with Crippen molar-refractivity contribution in [2.75, 3.05) is 13.1 Å². The van der Waals surface area contributed by atoms with Gasteiger partial charge in [0.2, 0.25) is 0 Å². The van der Waals surface area contributed by atoms with Gasteiger partial charge in [-0.25, -0.2) is 0 Å². The lowest BCUT2D eigenvalue weighted by Gasteiger charge is -2.30. The second kappa shape index (κ2) is 10.6. The van der Waals surface area contributed by atoms with Crippen molar-refractivity contribution in [2.24, 2.45) is 7.05 Å². The number of nitrogens with zero attached hydrogens (tertiary/aromatic N) is 3. The van der Waals surface area contributed by atoms with E-state index in [2.05, 4.69) is 42.9 Å². The van der Waals surface area contributed by atoms with E-state index in [1.807, 2.05) is 36.4 Å². The third kappa shape index (κ3) is 5.09. The number of ether oxygens (including phenoxy) is 1. The van der Waals surface area contributed by atoms with Gasteiger partial charge in [-0.3, -0.25) is 19.5 Å². The van der Waals surface area contributed by atoms with Gasteiger partial charge in [-0.1, -0.05) is 18.2 Å². The second-order valence-electron chi connectivity index (χ2n) is 9.17. The lowest BCUT2D eigenvalue weighted by atomic mass is 10.1. The Hall–Kier alpha value is -3.23. The SMILES string of the molecule is CC(C)N(CCNC(=O)c1sc2c(c1OCc1ccncc1)c(=O)n(C)c1ccccc21)C(C)C. The van der Waals surface area contributed by atoms with E-state index < -0.39 is 0 Å². The standard InChI is InChI=1S/C27H32N4O3S/c1-17(2)31(18(3)4)15-14-29-26(32)25-23(34-16-19-10-12-28-13-11-19)22-24(35-25)20-8-6-7-9-21(20)30(5)27(22)33/h6-13,17-18H,14-16H2,1-5H3,(H,29,32). The first kappa shape index (κ1) is 24.9. The molecule has 7 nitrogen and oxygen atoms in total. The molecule has 0 aliphatic carbocycles. The van der Waals surface area contributed by atoms with Gasteiger partial charge in [0.05, 0.1) is 10.2 Å². The van der Waals surface area contributed by atoms with Crippen LogP contribution in [-0.2, 0) is 13.7 Å². The van der Waals surface area contributed by atoms with Gasteiger partial charge >= 0.3 is 0 Å². The number of hydrogen-bond acceptors (Lipinski definition) is 6. The summed E-state index contributed by atoms with van der Waals surface area (Å²) < 4.78 is 8.57. The van der Waals surface area contributed by atoms with Crippen LogP contribution >= 0.6 is 11.3 Å². The lowest BCUT2D eigenvalue weighted by Crippen LogP contribution is -2.42. The van der Waals surface area contributed by atoms with Gasteiger partial charge in [0.15, 0.2) is 5.75 Å². The van der Waals surface area contributed by atoms with E-state index in [9.17, 15) is 9.59 Å². The minimum absolute atomic E-state index is 0.176. The van der Waals surface area contributed by atoms with Crippen LogP contribution in [0.3, 0.4) is 0 Å². The van der Waals surface area contributed by atoms with Crippen LogP contribution in [0.5, 0.6) is 5.75 Å². The van der Waals surface area contributed by atoms with Gasteiger partial charge < -0.3 is 14.6 Å². The molecule has 0 aliphatic rings. The molecule has 1 amide bonds. The number of para-hydroxylation sites is 1. The Bertz CT molecular complexity index is 1380. The molecule has 35 heavy (non-hydrogen) atoms. The number of pyridine rings is 2. The first-order valence-corrected chi connectivity index (χ1v) is 12.7. The number of benzene rings is 1. The number of aromatic nitrogens is 2. The van der Waals surface area contributed by atoms with Crippen molar-refractivity contribution in [3.63, 3.8) is 0 Å². The molecule has 3 heterocycles. The maximum Gasteiger partial charge on any atom is 0.265 e. The predicted molar refractivity (Wildman–Crippen MR) is 142 cm³/mol. The van der Waals surface area contributed by atoms with E-state index in [1.165, 1.54) is 11.3 Å². The Kier molecular flexibility index (Phi) is 7.52. The van der Waals surface area contributed by atoms with Gasteiger partial charge in [-0.05, 0) is 51.5 Å². The number of thiophene rings is 1. The summed E-state index contributed by atoms with van der Waals surface area (Å²) in [5.41, 5.74) is 1.56. The average molecular weight is 493 g/mol. The molecule has 0 radical (unpaired) electrons. The van der Waals surface area contributed by atoms with E-state index >= 15 is 0 Å². The third-order valence-corrected chi connectivity index (χ3v) is 7.42. The smallest absolute Gasteiger partial charge is 0.265 e. The van der Waals surface area contributed by atoms with Crippen LogP contribution in [0, 0.1) is 0 Å². The largest absolute Gasteiger partial charge is 0.486 e. The molecule has 8 heteroatoms. The van der Waals surface area contributed by atoms with Crippen molar-refractivity contribution < 1.29 is 9.53 Å². The molecular weight excluding hydrogens is 460 g/mol. The maximum absolute atomic E-state index is 13.4. The first-order valence-electron chi connectivity index (χ1n) is 11.9. The molecule has 0 spiro atoms. The highest BCUT2D eigenvalue weighted by Crippen LogP contribution is 2.40. The summed E-state index contributed by atoms with van der Waals surface area (Å²) in [6, 6.07) is 12.2. The summed E-state index contributed by atoms with van der Waals surface area (Å²) >= 11 is 1.31. The highest BCUT2D eigenvalue weighted by molar-refractivity contribution is 7.22. The van der Waals surface area contributed by atoms with Crippen LogP contribution in [0.2, 0.25) is 0 Å². The molecule has 0 atom stereocenters. The molecular formula is C27H32N4O3S. The molecule has 4 aromatic rings. The van der Waals surface area contributed by atoms with Crippen LogP contribution in [0.4, 0.5) is 0 Å². The monoisotopic (exact) mass is 492 g/mol. The third-order valence-electron chi connectivity index (χ3n) is 6.21. The zero-order valence-corrected chi connectivity index (χ0v) is 21.7. The number of nitrogens with one attached hydrogen (secondary N) is 1. The highest BCUT2D eigenvalue weighted by atomic mass is 32.1. The van der Waals surface area contributed by atoms with Crippen LogP contribution in [-0.4, -0.2) is 45.5 Å². The minimum Gasteiger partial charge on any atom is -0.486 e. The maximum atomic E-state index is 13.4. The van der Waals surface area contributed by atoms with Crippen LogP contribution in [0.1, 0.15) is 42.9 Å². The topological polar surface area (TPSA) is 76.5 Å². The summed E-state index contributed by atoms with van der Waals surface area (Å²) in [5.74, 6) is 0.116. The lowest BCUT2D eigenvalue weighted by molar-refractivity contribution is 0.0939. The van der Waals surface area contributed by atoms with E-state index in [1.54, 1.807) is 24.0 Å². The van der Waals surface area contributed by atoms with Crippen LogP contribution < -0.4 is 15.6 Å². The van der Waals surface area contributed by atoms with Gasteiger partial charge in [0.1, 0.15) is 16.9 Å². The Balaban J connectivity index is 1.73. The van der Waals surface area contributed by atoms with E-state index in [0.29, 0.717) is 34.6 Å². The minimum atomic E-state index is -0.227. The van der Waals surface area contributed by atoms with Crippen molar-refractivity contribution in [1.29, 1.82) is 0 Å². The molecule has 0 unspecified atom stereocenters. The summed E-state index contributed by atoms with van der Waals surface area (Å²) in [7, 11) is 1.75. The summed E-state index contributed by atoms with van der Waals surface area (Å²) in [5, 5.41) is 4.42. The molecule has 1 aromatic carbocycles. The molecule has 184 valence electrons. The Morgan fingerprint density at radius 1 is 1.11 bits per heavy atom. The van der Waals surface area contributed by atoms with Crippen molar-refractivity contribution in [3.8, 4) is 5.75 Å². The normalized spacial score (nSPS) is 11.8. The van der Waals surface area contributed by atoms with Gasteiger partial charge in [0.25, 0.3) is 11.5 Å². The highest BCUT2D eigenvalue weighted by Gasteiger charge is 2.25. The number of fused-ring (bicyclic) bond motifs is 3. The molecule has 0 aliphatic heterocycles. The summed E-state index contributed by atoms with van der Waals surface area (Å²) in [4.78, 5) is 33.6. The van der Waals surface area contributed by atoms with Gasteiger partial charge in [-0.2, -0.15) is 0 Å². The van der Waals surface area contributed by atoms with Crippen molar-refractivity contribution in [3.05, 3.63) is 69.6 Å². The molecule has 0 saturated carbocycles. The van der Waals surface area contributed by atoms with E-state index in [0.717, 1.165) is 27.7 Å². The number of carbonyl (C=O) groups is 1. The molecule has 3 aromatic heterocycles. The van der Waals surface area contributed by atoms with E-state index in [-0.39, 0.29) is 18.1 Å².